The third kappa shape index (κ3) is 4.04. The van der Waals surface area contributed by atoms with Crippen LogP contribution >= 0.6 is 23.2 Å². The molecular weight excluding hydrogens is 407 g/mol. The number of rotatable bonds is 4. The van der Waals surface area contributed by atoms with Crippen LogP contribution in [0.25, 0.3) is 22.2 Å². The highest BCUT2D eigenvalue weighted by Crippen LogP contribution is 2.30. The summed E-state index contributed by atoms with van der Waals surface area (Å²) in [4.78, 5) is 17.8. The molecule has 4 aromatic rings. The maximum Gasteiger partial charge on any atom is 0.256 e. The molecule has 0 fully saturated rings. The summed E-state index contributed by atoms with van der Waals surface area (Å²) in [6.07, 6.45) is 0. The fourth-order valence-electron chi connectivity index (χ4n) is 3.07. The van der Waals surface area contributed by atoms with E-state index in [9.17, 15) is 4.79 Å². The molecule has 0 aliphatic heterocycles. The molecule has 6 heteroatoms. The van der Waals surface area contributed by atoms with Crippen molar-refractivity contribution in [2.75, 3.05) is 12.4 Å². The van der Waals surface area contributed by atoms with Crippen LogP contribution in [0.1, 0.15) is 10.4 Å². The normalized spacial score (nSPS) is 10.7. The van der Waals surface area contributed by atoms with Crippen LogP contribution in [0.3, 0.4) is 0 Å². The Morgan fingerprint density at radius 1 is 0.931 bits per heavy atom. The second kappa shape index (κ2) is 8.11. The molecule has 29 heavy (non-hydrogen) atoms. The van der Waals surface area contributed by atoms with Crippen molar-refractivity contribution in [1.29, 1.82) is 0 Å². The predicted molar refractivity (Wildman–Crippen MR) is 118 cm³/mol. The minimum atomic E-state index is -0.238. The van der Waals surface area contributed by atoms with Crippen LogP contribution in [0.5, 0.6) is 5.75 Å². The summed E-state index contributed by atoms with van der Waals surface area (Å²) in [7, 11) is 1.58. The number of methoxy groups -OCH3 is 1. The lowest BCUT2D eigenvalue weighted by atomic mass is 10.0. The molecule has 1 amide bonds. The highest BCUT2D eigenvalue weighted by Gasteiger charge is 2.15. The number of nitrogens with one attached hydrogen (secondary N) is 1. The zero-order valence-electron chi connectivity index (χ0n) is 15.4. The molecule has 4 nitrogen and oxygen atoms in total. The molecule has 0 atom stereocenters. The van der Waals surface area contributed by atoms with Gasteiger partial charge in [0, 0.05) is 22.7 Å². The monoisotopic (exact) mass is 422 g/mol. The van der Waals surface area contributed by atoms with E-state index in [0.29, 0.717) is 38.3 Å². The number of hydrogen-bond donors (Lipinski definition) is 1. The predicted octanol–water partition coefficient (Wildman–Crippen LogP) is 6.47. The van der Waals surface area contributed by atoms with Gasteiger partial charge in [-0.05, 0) is 36.4 Å². The van der Waals surface area contributed by atoms with Gasteiger partial charge in [-0.25, -0.2) is 4.98 Å². The van der Waals surface area contributed by atoms with Crippen molar-refractivity contribution in [3.05, 3.63) is 88.4 Å². The van der Waals surface area contributed by atoms with Crippen molar-refractivity contribution >= 4 is 45.7 Å². The highest BCUT2D eigenvalue weighted by molar-refractivity contribution is 6.42. The van der Waals surface area contributed by atoms with Crippen LogP contribution < -0.4 is 10.1 Å². The van der Waals surface area contributed by atoms with Crippen LogP contribution in [-0.2, 0) is 0 Å². The average molecular weight is 423 g/mol. The first kappa shape index (κ1) is 19.2. The van der Waals surface area contributed by atoms with Gasteiger partial charge in [0.05, 0.1) is 33.9 Å². The fraction of sp³-hybridized carbons (Fsp3) is 0.0435. The van der Waals surface area contributed by atoms with Crippen LogP contribution in [0.15, 0.2) is 72.8 Å². The number of amides is 1. The number of carbonyl (C=O) groups is 1. The van der Waals surface area contributed by atoms with Gasteiger partial charge in [0.1, 0.15) is 5.75 Å². The Labute approximate surface area is 178 Å². The Kier molecular flexibility index (Phi) is 5.38. The fourth-order valence-corrected chi connectivity index (χ4v) is 3.36. The quantitative estimate of drug-likeness (QED) is 0.409. The summed E-state index contributed by atoms with van der Waals surface area (Å²) in [5.41, 5.74) is 3.29. The number of ether oxygens (including phenoxy) is 1. The lowest BCUT2D eigenvalue weighted by molar-refractivity contribution is 0.102. The number of benzene rings is 3. The first-order chi connectivity index (χ1) is 14.0. The number of hydrogen-bond acceptors (Lipinski definition) is 3. The van der Waals surface area contributed by atoms with Crippen LogP contribution in [-0.4, -0.2) is 18.0 Å². The Balaban J connectivity index is 1.79. The molecular formula is C23H16Cl2N2O2. The molecule has 1 heterocycles. The summed E-state index contributed by atoms with van der Waals surface area (Å²) in [5, 5.41) is 4.59. The number of para-hydroxylation sites is 1. The van der Waals surface area contributed by atoms with E-state index in [4.69, 9.17) is 32.9 Å². The number of anilines is 1. The molecule has 0 aliphatic carbocycles. The van der Waals surface area contributed by atoms with Crippen LogP contribution in [0.4, 0.5) is 5.69 Å². The van der Waals surface area contributed by atoms with Gasteiger partial charge in [0.15, 0.2) is 0 Å². The van der Waals surface area contributed by atoms with E-state index >= 15 is 0 Å². The summed E-state index contributed by atoms with van der Waals surface area (Å²) in [5.74, 6) is 0.428. The first-order valence-corrected chi connectivity index (χ1v) is 9.61. The molecule has 1 aromatic heterocycles. The largest absolute Gasteiger partial charge is 0.497 e. The van der Waals surface area contributed by atoms with Gasteiger partial charge < -0.3 is 10.1 Å². The molecule has 1 N–H and O–H groups in total. The van der Waals surface area contributed by atoms with E-state index in [1.807, 2.05) is 48.5 Å². The number of carbonyl (C=O) groups excluding carboxylic acids is 1. The minimum absolute atomic E-state index is 0.238. The minimum Gasteiger partial charge on any atom is -0.497 e. The Morgan fingerprint density at radius 3 is 2.55 bits per heavy atom. The summed E-state index contributed by atoms with van der Waals surface area (Å²) in [6, 6.07) is 21.8. The van der Waals surface area contributed by atoms with Crippen molar-refractivity contribution in [3.8, 4) is 17.0 Å². The number of halogens is 2. The lowest BCUT2D eigenvalue weighted by Gasteiger charge is -2.12. The van der Waals surface area contributed by atoms with Crippen molar-refractivity contribution in [3.63, 3.8) is 0 Å². The molecule has 0 saturated carbocycles. The molecule has 0 bridgehead atoms. The van der Waals surface area contributed by atoms with Gasteiger partial charge in [-0.1, -0.05) is 53.5 Å². The van der Waals surface area contributed by atoms with E-state index in [2.05, 4.69) is 5.32 Å². The molecule has 0 aliphatic rings. The van der Waals surface area contributed by atoms with Gasteiger partial charge in [0.25, 0.3) is 5.91 Å². The van der Waals surface area contributed by atoms with Crippen LogP contribution in [0.2, 0.25) is 10.0 Å². The molecule has 0 spiro atoms. The van der Waals surface area contributed by atoms with E-state index in [-0.39, 0.29) is 5.91 Å². The van der Waals surface area contributed by atoms with E-state index in [1.165, 1.54) is 0 Å². The second-order valence-electron chi connectivity index (χ2n) is 6.39. The van der Waals surface area contributed by atoms with Gasteiger partial charge in [0.2, 0.25) is 0 Å². The van der Waals surface area contributed by atoms with Gasteiger partial charge in [-0.15, -0.1) is 0 Å². The average Bonchev–Trinajstić information content (AvgIpc) is 2.75. The summed E-state index contributed by atoms with van der Waals surface area (Å²) < 4.78 is 5.23. The standard InChI is InChI=1S/C23H16Cl2N2O2/c1-29-16-6-4-5-15(12-16)26-23(28)18-13-22(14-9-10-19(24)20(25)11-14)27-21-8-3-2-7-17(18)21/h2-13H,1H3,(H,26,28). The van der Waals surface area contributed by atoms with Gasteiger partial charge >= 0.3 is 0 Å². The smallest absolute Gasteiger partial charge is 0.256 e. The van der Waals surface area contributed by atoms with E-state index in [1.54, 1.807) is 31.4 Å². The highest BCUT2D eigenvalue weighted by atomic mass is 35.5. The second-order valence-corrected chi connectivity index (χ2v) is 7.20. The summed E-state index contributed by atoms with van der Waals surface area (Å²) in [6.45, 7) is 0. The Bertz CT molecular complexity index is 1220. The van der Waals surface area contributed by atoms with Crippen LogP contribution in [0, 0.1) is 0 Å². The van der Waals surface area contributed by atoms with Crippen molar-refractivity contribution in [1.82, 2.24) is 4.98 Å². The van der Waals surface area contributed by atoms with E-state index in [0.717, 1.165) is 10.9 Å². The Morgan fingerprint density at radius 2 is 1.76 bits per heavy atom. The van der Waals surface area contributed by atoms with E-state index < -0.39 is 0 Å². The molecule has 0 saturated heterocycles. The molecule has 0 radical (unpaired) electrons. The maximum absolute atomic E-state index is 13.1. The number of nitrogens with zero attached hydrogens (tertiary/aromatic N) is 1. The first-order valence-electron chi connectivity index (χ1n) is 8.86. The molecule has 3 aromatic carbocycles. The summed E-state index contributed by atoms with van der Waals surface area (Å²) >= 11 is 12.2. The maximum atomic E-state index is 13.1. The number of fused-ring (bicyclic) bond motifs is 1. The van der Waals surface area contributed by atoms with Crippen molar-refractivity contribution < 1.29 is 9.53 Å². The molecule has 144 valence electrons. The zero-order valence-corrected chi connectivity index (χ0v) is 17.0. The third-order valence-corrected chi connectivity index (χ3v) is 5.24. The zero-order chi connectivity index (χ0) is 20.4. The van der Waals surface area contributed by atoms with Gasteiger partial charge in [-0.3, -0.25) is 4.79 Å². The lowest BCUT2D eigenvalue weighted by Crippen LogP contribution is -2.13. The molecule has 4 rings (SSSR count). The van der Waals surface area contributed by atoms with Crippen molar-refractivity contribution in [2.45, 2.75) is 0 Å². The van der Waals surface area contributed by atoms with Crippen molar-refractivity contribution in [2.24, 2.45) is 0 Å². The third-order valence-electron chi connectivity index (χ3n) is 4.50. The Hall–Kier alpha value is -3.08. The van der Waals surface area contributed by atoms with Gasteiger partial charge in [-0.2, -0.15) is 0 Å². The topological polar surface area (TPSA) is 51.2 Å². The number of pyridine rings is 1. The molecule has 0 unspecified atom stereocenters. The number of aromatic nitrogens is 1. The SMILES string of the molecule is COc1cccc(NC(=O)c2cc(-c3ccc(Cl)c(Cl)c3)nc3ccccc23)c1.